The second-order valence-corrected chi connectivity index (χ2v) is 7.30. The molecular weight excluding hydrogens is 372 g/mol. The Hall–Kier alpha value is -2.55. The molecule has 0 N–H and O–H groups in total. The summed E-state index contributed by atoms with van der Waals surface area (Å²) in [5, 5.41) is 0. The predicted octanol–water partition coefficient (Wildman–Crippen LogP) is 2.30. The van der Waals surface area contributed by atoms with Crippen molar-refractivity contribution in [3.05, 3.63) is 35.5 Å². The van der Waals surface area contributed by atoms with Gasteiger partial charge >= 0.3 is 16.2 Å². The van der Waals surface area contributed by atoms with Gasteiger partial charge in [0.2, 0.25) is 0 Å². The van der Waals surface area contributed by atoms with Gasteiger partial charge in [-0.25, -0.2) is 9.10 Å². The van der Waals surface area contributed by atoms with E-state index in [0.717, 1.165) is 4.31 Å². The number of rotatable bonds is 7. The molecule has 2 rings (SSSR count). The average Bonchev–Trinajstić information content (AvgIpc) is 2.65. The van der Waals surface area contributed by atoms with E-state index in [1.54, 1.807) is 32.0 Å². The molecule has 0 aromatic heterocycles. The van der Waals surface area contributed by atoms with Crippen LogP contribution in [0.1, 0.15) is 32.8 Å². The predicted molar refractivity (Wildman–Crippen MR) is 101 cm³/mol. The maximum atomic E-state index is 12.8. The van der Waals surface area contributed by atoms with Crippen molar-refractivity contribution in [1.29, 1.82) is 0 Å². The van der Waals surface area contributed by atoms with Gasteiger partial charge in [-0.05, 0) is 44.5 Å². The number of methoxy groups -OCH3 is 2. The molecule has 0 spiro atoms. The van der Waals surface area contributed by atoms with Gasteiger partial charge in [0.1, 0.15) is 5.70 Å². The van der Waals surface area contributed by atoms with Crippen LogP contribution in [0, 0.1) is 0 Å². The molecule has 1 aromatic rings. The first kappa shape index (κ1) is 20.8. The first-order chi connectivity index (χ1) is 12.8. The monoisotopic (exact) mass is 396 g/mol. The van der Waals surface area contributed by atoms with Gasteiger partial charge < -0.3 is 14.2 Å². The molecule has 1 atom stereocenters. The fourth-order valence-electron chi connectivity index (χ4n) is 2.63. The molecule has 0 unspecified atom stereocenters. The molecule has 0 amide bonds. The summed E-state index contributed by atoms with van der Waals surface area (Å²) in [7, 11) is -1.12. The van der Waals surface area contributed by atoms with E-state index in [-0.39, 0.29) is 18.0 Å². The van der Waals surface area contributed by atoms with Crippen LogP contribution in [0.4, 0.5) is 0 Å². The lowest BCUT2D eigenvalue weighted by Gasteiger charge is -2.31. The fraction of sp³-hybridized carbons (Fsp3) is 0.444. The van der Waals surface area contributed by atoms with Gasteiger partial charge in [-0.15, -0.1) is 4.40 Å². The van der Waals surface area contributed by atoms with E-state index in [1.807, 2.05) is 6.92 Å². The normalized spacial score (nSPS) is 16.9. The molecule has 0 saturated heterocycles. The Morgan fingerprint density at radius 1 is 1.19 bits per heavy atom. The Balaban J connectivity index is 2.61. The highest BCUT2D eigenvalue weighted by Gasteiger charge is 2.36. The lowest BCUT2D eigenvalue weighted by Crippen LogP contribution is -2.42. The van der Waals surface area contributed by atoms with E-state index in [9.17, 15) is 13.2 Å². The summed E-state index contributed by atoms with van der Waals surface area (Å²) in [6.45, 7) is 5.33. The highest BCUT2D eigenvalue weighted by atomic mass is 32.2. The van der Waals surface area contributed by atoms with Crippen molar-refractivity contribution in [3.8, 4) is 11.5 Å². The van der Waals surface area contributed by atoms with Crippen LogP contribution in [0.5, 0.6) is 11.5 Å². The van der Waals surface area contributed by atoms with Gasteiger partial charge in [-0.1, -0.05) is 6.92 Å². The molecule has 0 fully saturated rings. The molecule has 0 bridgehead atoms. The number of nitrogens with zero attached hydrogens (tertiary/aromatic N) is 2. The summed E-state index contributed by atoms with van der Waals surface area (Å²) in [5.74, 6) is 0.205. The summed E-state index contributed by atoms with van der Waals surface area (Å²) in [4.78, 5) is 12.4. The Labute approximate surface area is 159 Å². The standard InChI is InChI=1S/C18H24N2O6S/c1-6-12(3)20-15(18(21)26-7-2)11-14(19-27(20,22)23)13-8-9-16(24-4)17(10-13)25-5/h8-12H,6-7H2,1-5H3/t12-/m1/s1. The second-order valence-electron chi connectivity index (χ2n) is 5.83. The van der Waals surface area contributed by atoms with Crippen molar-refractivity contribution in [1.82, 2.24) is 4.31 Å². The average molecular weight is 396 g/mol. The number of ether oxygens (including phenoxy) is 3. The number of hydrogen-bond acceptors (Lipinski definition) is 6. The molecule has 1 heterocycles. The molecule has 9 heteroatoms. The SMILES string of the molecule is CCOC(=O)C1=CC(c2ccc(OC)c(OC)c2)=NS(=O)(=O)N1[C@H](C)CC. The minimum atomic E-state index is -4.10. The third kappa shape index (κ3) is 4.24. The van der Waals surface area contributed by atoms with Crippen LogP contribution in [0.2, 0.25) is 0 Å². The topological polar surface area (TPSA) is 94.5 Å². The Morgan fingerprint density at radius 2 is 1.85 bits per heavy atom. The zero-order valence-corrected chi connectivity index (χ0v) is 16.9. The summed E-state index contributed by atoms with van der Waals surface area (Å²) in [6, 6.07) is 4.45. The molecule has 27 heavy (non-hydrogen) atoms. The Bertz CT molecular complexity index is 876. The van der Waals surface area contributed by atoms with Crippen LogP contribution < -0.4 is 9.47 Å². The lowest BCUT2D eigenvalue weighted by atomic mass is 10.1. The van der Waals surface area contributed by atoms with Gasteiger partial charge in [0, 0.05) is 11.6 Å². The van der Waals surface area contributed by atoms with E-state index in [0.29, 0.717) is 23.5 Å². The zero-order valence-electron chi connectivity index (χ0n) is 16.1. The van der Waals surface area contributed by atoms with Crippen LogP contribution in [-0.2, 0) is 19.7 Å². The number of benzene rings is 1. The van der Waals surface area contributed by atoms with Crippen molar-refractivity contribution >= 4 is 21.9 Å². The number of carbonyl (C=O) groups is 1. The number of hydrogen-bond donors (Lipinski definition) is 0. The van der Waals surface area contributed by atoms with Crippen molar-refractivity contribution in [2.75, 3.05) is 20.8 Å². The minimum absolute atomic E-state index is 0.0639. The quantitative estimate of drug-likeness (QED) is 0.657. The van der Waals surface area contributed by atoms with Gasteiger partial charge in [-0.2, -0.15) is 8.42 Å². The van der Waals surface area contributed by atoms with Crippen LogP contribution in [-0.4, -0.2) is 51.3 Å². The van der Waals surface area contributed by atoms with Crippen molar-refractivity contribution < 1.29 is 27.4 Å². The second kappa shape index (κ2) is 8.43. The van der Waals surface area contributed by atoms with E-state index < -0.39 is 22.2 Å². The number of esters is 1. The van der Waals surface area contributed by atoms with Gasteiger partial charge in [0.25, 0.3) is 0 Å². The summed E-state index contributed by atoms with van der Waals surface area (Å²) >= 11 is 0. The molecule has 0 radical (unpaired) electrons. The Kier molecular flexibility index (Phi) is 6.48. The summed E-state index contributed by atoms with van der Waals surface area (Å²) in [6.07, 6.45) is 1.93. The Morgan fingerprint density at radius 3 is 2.41 bits per heavy atom. The third-order valence-electron chi connectivity index (χ3n) is 4.13. The van der Waals surface area contributed by atoms with Crippen molar-refractivity contribution in [3.63, 3.8) is 0 Å². The van der Waals surface area contributed by atoms with E-state index >= 15 is 0 Å². The molecule has 0 saturated carbocycles. The minimum Gasteiger partial charge on any atom is -0.493 e. The van der Waals surface area contributed by atoms with E-state index in [2.05, 4.69) is 4.40 Å². The number of allylic oxidation sites excluding steroid dienone is 1. The van der Waals surface area contributed by atoms with Crippen LogP contribution in [0.25, 0.3) is 0 Å². The van der Waals surface area contributed by atoms with Crippen LogP contribution >= 0.6 is 0 Å². The summed E-state index contributed by atoms with van der Waals surface area (Å²) in [5.41, 5.74) is 0.534. The third-order valence-corrected chi connectivity index (χ3v) is 5.61. The molecule has 1 aliphatic rings. The lowest BCUT2D eigenvalue weighted by molar-refractivity contribution is -0.139. The van der Waals surface area contributed by atoms with E-state index in [1.165, 1.54) is 20.3 Å². The van der Waals surface area contributed by atoms with E-state index in [4.69, 9.17) is 14.2 Å². The largest absolute Gasteiger partial charge is 0.493 e. The van der Waals surface area contributed by atoms with Gasteiger partial charge in [0.15, 0.2) is 11.5 Å². The van der Waals surface area contributed by atoms with Crippen molar-refractivity contribution in [2.24, 2.45) is 4.40 Å². The first-order valence-corrected chi connectivity index (χ1v) is 9.94. The molecule has 1 aromatic carbocycles. The van der Waals surface area contributed by atoms with Crippen LogP contribution in [0.15, 0.2) is 34.4 Å². The van der Waals surface area contributed by atoms with Gasteiger partial charge in [0.05, 0.1) is 26.5 Å². The van der Waals surface area contributed by atoms with Crippen LogP contribution in [0.3, 0.4) is 0 Å². The molecule has 1 aliphatic heterocycles. The molecule has 8 nitrogen and oxygen atoms in total. The summed E-state index contributed by atoms with van der Waals surface area (Å²) < 4.78 is 46.0. The number of carbonyl (C=O) groups excluding carboxylic acids is 1. The smallest absolute Gasteiger partial charge is 0.355 e. The molecule has 148 valence electrons. The highest BCUT2D eigenvalue weighted by Crippen LogP contribution is 2.31. The highest BCUT2D eigenvalue weighted by molar-refractivity contribution is 7.88. The molecular formula is C18H24N2O6S. The fourth-order valence-corrected chi connectivity index (χ4v) is 4.10. The first-order valence-electron chi connectivity index (χ1n) is 8.54. The maximum Gasteiger partial charge on any atom is 0.355 e. The molecule has 0 aliphatic carbocycles. The van der Waals surface area contributed by atoms with Crippen molar-refractivity contribution in [2.45, 2.75) is 33.2 Å². The maximum absolute atomic E-state index is 12.8. The zero-order chi connectivity index (χ0) is 20.2. The van der Waals surface area contributed by atoms with Gasteiger partial charge in [-0.3, -0.25) is 0 Å².